The van der Waals surface area contributed by atoms with Crippen LogP contribution < -0.4 is 5.11 Å². The number of likely N-dealkylation sites (N-methyl/N-ethyl adjacent to an activating group) is 1. The minimum absolute atomic E-state index is 0.139. The molecule has 0 radical (unpaired) electrons. The average molecular weight is 1240 g/mol. The summed E-state index contributed by atoms with van der Waals surface area (Å²) in [6.45, 7) is 4.62. The van der Waals surface area contributed by atoms with Crippen LogP contribution in [0.5, 0.6) is 0 Å². The Balaban J connectivity index is 4.09. The average Bonchev–Trinajstić information content (AvgIpc) is 3.64. The summed E-state index contributed by atoms with van der Waals surface area (Å²) in [6, 6.07) is 0. The zero-order valence-electron chi connectivity index (χ0n) is 58.3. The molecule has 0 aliphatic rings. The maximum Gasteiger partial charge on any atom is 0.306 e. The number of hydrogen-bond acceptors (Lipinski definition) is 8. The number of carbonyl (C=O) groups is 3. The lowest BCUT2D eigenvalue weighted by molar-refractivity contribution is -0.870. The quantitative estimate of drug-likeness (QED) is 0.0195. The van der Waals surface area contributed by atoms with E-state index in [0.717, 1.165) is 109 Å². The Bertz CT molecular complexity index is 1880. The smallest absolute Gasteiger partial charge is 0.306 e. The van der Waals surface area contributed by atoms with Crippen LogP contribution in [0.3, 0.4) is 0 Å². The van der Waals surface area contributed by atoms with E-state index in [9.17, 15) is 19.5 Å². The third-order valence-corrected chi connectivity index (χ3v) is 15.7. The van der Waals surface area contributed by atoms with Gasteiger partial charge in [-0.3, -0.25) is 9.59 Å². The molecule has 0 N–H and O–H groups in total. The van der Waals surface area contributed by atoms with Gasteiger partial charge in [-0.15, -0.1) is 0 Å². The molecule has 0 spiro atoms. The van der Waals surface area contributed by atoms with Crippen LogP contribution in [-0.4, -0.2) is 82.3 Å². The van der Waals surface area contributed by atoms with Crippen molar-refractivity contribution in [2.75, 3.05) is 47.5 Å². The summed E-state index contributed by atoms with van der Waals surface area (Å²) in [5, 5.41) is 11.8. The molecular formula is C80H137NO8. The number of ether oxygens (including phenoxy) is 4. The fourth-order valence-corrected chi connectivity index (χ4v) is 10.1. The zero-order chi connectivity index (χ0) is 64.7. The van der Waals surface area contributed by atoms with Crippen LogP contribution in [0, 0.1) is 0 Å². The number of aliphatic carboxylic acids is 1. The van der Waals surface area contributed by atoms with Gasteiger partial charge in [-0.25, -0.2) is 0 Å². The lowest BCUT2D eigenvalue weighted by Crippen LogP contribution is -2.44. The predicted octanol–water partition coefficient (Wildman–Crippen LogP) is 21.8. The molecule has 0 bridgehead atoms. The first-order valence-electron chi connectivity index (χ1n) is 36.7. The highest BCUT2D eigenvalue weighted by molar-refractivity contribution is 5.70. The van der Waals surface area contributed by atoms with Crippen molar-refractivity contribution >= 4 is 17.9 Å². The van der Waals surface area contributed by atoms with Crippen LogP contribution in [-0.2, 0) is 33.3 Å². The van der Waals surface area contributed by atoms with Crippen molar-refractivity contribution < 1.29 is 42.9 Å². The van der Waals surface area contributed by atoms with Gasteiger partial charge in [-0.1, -0.05) is 309 Å². The van der Waals surface area contributed by atoms with E-state index in [1.165, 1.54) is 167 Å². The summed E-state index contributed by atoms with van der Waals surface area (Å²) in [5.41, 5.74) is 0. The van der Waals surface area contributed by atoms with E-state index in [0.29, 0.717) is 17.4 Å². The number of carboxylic acid groups (broad SMARTS) is 1. The molecule has 0 aliphatic carbocycles. The van der Waals surface area contributed by atoms with Crippen molar-refractivity contribution in [1.82, 2.24) is 0 Å². The summed E-state index contributed by atoms with van der Waals surface area (Å²) in [5.74, 6) is -2.31. The van der Waals surface area contributed by atoms with E-state index >= 15 is 0 Å². The van der Waals surface area contributed by atoms with Crippen molar-refractivity contribution in [3.05, 3.63) is 122 Å². The van der Waals surface area contributed by atoms with Gasteiger partial charge in [0, 0.05) is 12.8 Å². The lowest BCUT2D eigenvalue weighted by atomic mass is 10.0. The molecule has 0 aromatic heterocycles. The third-order valence-electron chi connectivity index (χ3n) is 15.7. The maximum atomic E-state index is 12.9. The number of hydrogen-bond donors (Lipinski definition) is 0. The number of esters is 2. The number of allylic oxidation sites excluding steroid dienone is 20. The van der Waals surface area contributed by atoms with E-state index < -0.39 is 24.3 Å². The maximum absolute atomic E-state index is 12.9. The second-order valence-corrected chi connectivity index (χ2v) is 25.5. The molecule has 0 amide bonds. The van der Waals surface area contributed by atoms with Crippen molar-refractivity contribution in [3.63, 3.8) is 0 Å². The summed E-state index contributed by atoms with van der Waals surface area (Å²) < 4.78 is 22.8. The normalized spacial score (nSPS) is 13.4. The predicted molar refractivity (Wildman–Crippen MR) is 380 cm³/mol. The van der Waals surface area contributed by atoms with Gasteiger partial charge in [0.2, 0.25) is 0 Å². The molecule has 2 atom stereocenters. The number of rotatable bonds is 67. The van der Waals surface area contributed by atoms with Gasteiger partial charge >= 0.3 is 11.9 Å². The van der Waals surface area contributed by atoms with Crippen molar-refractivity contribution in [2.24, 2.45) is 0 Å². The first kappa shape index (κ1) is 84.7. The highest BCUT2D eigenvalue weighted by Gasteiger charge is 2.22. The molecule has 89 heavy (non-hydrogen) atoms. The van der Waals surface area contributed by atoms with E-state index in [4.69, 9.17) is 18.9 Å². The van der Waals surface area contributed by atoms with Gasteiger partial charge in [0.1, 0.15) is 13.2 Å². The lowest BCUT2D eigenvalue weighted by Gasteiger charge is -2.26. The molecule has 510 valence electrons. The van der Waals surface area contributed by atoms with E-state index in [2.05, 4.69) is 135 Å². The molecule has 9 nitrogen and oxygen atoms in total. The first-order chi connectivity index (χ1) is 43.6. The minimum Gasteiger partial charge on any atom is -0.545 e. The first-order valence-corrected chi connectivity index (χ1v) is 36.7. The van der Waals surface area contributed by atoms with Gasteiger partial charge in [0.15, 0.2) is 12.4 Å². The summed E-state index contributed by atoms with van der Waals surface area (Å²) >= 11 is 0. The van der Waals surface area contributed by atoms with E-state index in [-0.39, 0.29) is 38.6 Å². The standard InChI is InChI=1S/C80H137NO8/c1-6-8-10-12-14-16-18-20-22-24-26-28-30-32-34-35-36-37-38-39-40-41-42-43-45-46-48-50-52-54-56-58-60-62-64-66-68-70-77(82)87-74-76(75-88-80(79(84)85)86-73-72-81(3,4)5)89-78(83)71-69-67-65-63-61-59-57-55-53-51-49-47-44-33-31-29-27-25-23-21-19-17-15-13-11-9-7-2/h9,11,15,17-18,20-21,23-24,26-27,29-30,32-33,44,49,51,55,57,76,80H,6-8,10,12-14,16,19,22,25,28,31,34-43,45-48,50,52-54,56,58-75H2,1-5H3/b11-9-,17-15-,20-18-,23-21-,26-24-,29-27-,32-30-,44-33-,51-49-,57-55-. The number of nitrogens with zero attached hydrogens (tertiary/aromatic N) is 1. The fraction of sp³-hybridized carbons (Fsp3) is 0.713. The topological polar surface area (TPSA) is 111 Å². The number of unbranched alkanes of at least 4 members (excludes halogenated alkanes) is 32. The molecule has 0 fully saturated rings. The van der Waals surface area contributed by atoms with Crippen LogP contribution in [0.4, 0.5) is 0 Å². The Hall–Kier alpha value is -4.31. The Morgan fingerprint density at radius 2 is 0.640 bits per heavy atom. The third kappa shape index (κ3) is 71.0. The fourth-order valence-electron chi connectivity index (χ4n) is 10.1. The summed E-state index contributed by atoms with van der Waals surface area (Å²) in [7, 11) is 5.92. The molecule has 0 rings (SSSR count). The molecule has 0 aliphatic heterocycles. The van der Waals surface area contributed by atoms with Crippen molar-refractivity contribution in [1.29, 1.82) is 0 Å². The molecule has 2 unspecified atom stereocenters. The Morgan fingerprint density at radius 1 is 0.348 bits per heavy atom. The SMILES string of the molecule is CC/C=C\C/C=C\C/C=C\C/C=C\C/C=C\C/C=C\C/C=C\CCCCCCCC(=O)OC(COC(=O)CCCCCCCCCCCCCCCCCCCCCCCC/C=C\C/C=C\C/C=C\CCCCCCC)COC(OCC[N+](C)(C)C)C(=O)[O-]. The minimum atomic E-state index is -1.63. The van der Waals surface area contributed by atoms with E-state index in [1.54, 1.807) is 0 Å². The van der Waals surface area contributed by atoms with Crippen LogP contribution in [0.15, 0.2) is 122 Å². The molecule has 0 aromatic carbocycles. The zero-order valence-corrected chi connectivity index (χ0v) is 58.3. The van der Waals surface area contributed by atoms with E-state index in [1.807, 2.05) is 21.1 Å². The van der Waals surface area contributed by atoms with Gasteiger partial charge < -0.3 is 33.3 Å². The van der Waals surface area contributed by atoms with Gasteiger partial charge in [-0.05, 0) is 109 Å². The molecule has 0 saturated heterocycles. The molecule has 9 heteroatoms. The molecule has 0 saturated carbocycles. The Labute approximate surface area is 548 Å². The highest BCUT2D eigenvalue weighted by atomic mass is 16.7. The molecular weight excluding hydrogens is 1100 g/mol. The van der Waals surface area contributed by atoms with Crippen molar-refractivity contribution in [3.8, 4) is 0 Å². The number of quaternary nitrogens is 1. The monoisotopic (exact) mass is 1240 g/mol. The van der Waals surface area contributed by atoms with Gasteiger partial charge in [0.05, 0.1) is 40.3 Å². The molecule has 0 aromatic rings. The van der Waals surface area contributed by atoms with Crippen LogP contribution in [0.1, 0.15) is 309 Å². The summed E-state index contributed by atoms with van der Waals surface area (Å²) in [6.07, 6.45) is 95.8. The van der Waals surface area contributed by atoms with Crippen LogP contribution >= 0.6 is 0 Å². The second kappa shape index (κ2) is 69.6. The largest absolute Gasteiger partial charge is 0.545 e. The van der Waals surface area contributed by atoms with Gasteiger partial charge in [0.25, 0.3) is 0 Å². The van der Waals surface area contributed by atoms with Crippen LogP contribution in [0.25, 0.3) is 0 Å². The number of carbonyl (C=O) groups excluding carboxylic acids is 3. The second-order valence-electron chi connectivity index (χ2n) is 25.5. The number of carboxylic acids is 1. The Morgan fingerprint density at radius 3 is 0.955 bits per heavy atom. The van der Waals surface area contributed by atoms with Gasteiger partial charge in [-0.2, -0.15) is 0 Å². The van der Waals surface area contributed by atoms with Crippen molar-refractivity contribution in [2.45, 2.75) is 322 Å². The highest BCUT2D eigenvalue weighted by Crippen LogP contribution is 2.17. The summed E-state index contributed by atoms with van der Waals surface area (Å²) in [4.78, 5) is 37.5. The van der Waals surface area contributed by atoms with Crippen LogP contribution in [0.2, 0.25) is 0 Å². The molecule has 0 heterocycles. The Kier molecular flexibility index (Phi) is 66.2.